The Labute approximate surface area is 193 Å². The molecule has 2 heterocycles. The van der Waals surface area contributed by atoms with Crippen LogP contribution in [0.5, 0.6) is 5.75 Å². The minimum atomic E-state index is -3.42. The van der Waals surface area contributed by atoms with Gasteiger partial charge in [-0.25, -0.2) is 13.4 Å². The number of sulfonamides is 1. The average molecular weight is 472 g/mol. The summed E-state index contributed by atoms with van der Waals surface area (Å²) < 4.78 is 34.9. The number of ether oxygens (including phenoxy) is 1. The minimum Gasteiger partial charge on any atom is -0.497 e. The molecule has 6 nitrogen and oxygen atoms in total. The van der Waals surface area contributed by atoms with Gasteiger partial charge in [0.15, 0.2) is 4.80 Å². The highest BCUT2D eigenvalue weighted by Crippen LogP contribution is 2.26. The Kier molecular flexibility index (Phi) is 7.13. The second-order valence-corrected chi connectivity index (χ2v) is 10.6. The van der Waals surface area contributed by atoms with Crippen molar-refractivity contribution in [2.24, 2.45) is 4.99 Å². The standard InChI is InChI=1S/C24H29N3O3S2/c1-3-15-27-23(18-31-24(27)25-20-9-11-21(30-2)12-10-20)19-7-13-22(14-8-19)32(28,29)26-16-5-4-6-17-26/h7-14,18H,3-6,15-17H2,1-2H3. The zero-order valence-electron chi connectivity index (χ0n) is 18.5. The van der Waals surface area contributed by atoms with Crippen LogP contribution in [0.3, 0.4) is 0 Å². The van der Waals surface area contributed by atoms with Crippen molar-refractivity contribution in [3.8, 4) is 17.0 Å². The van der Waals surface area contributed by atoms with Gasteiger partial charge in [0.2, 0.25) is 10.0 Å². The predicted molar refractivity (Wildman–Crippen MR) is 129 cm³/mol. The minimum absolute atomic E-state index is 0.364. The third kappa shape index (κ3) is 4.82. The highest BCUT2D eigenvalue weighted by atomic mass is 32.2. The Morgan fingerprint density at radius 1 is 1.00 bits per heavy atom. The number of hydrogen-bond donors (Lipinski definition) is 0. The van der Waals surface area contributed by atoms with Crippen LogP contribution >= 0.6 is 11.3 Å². The number of benzene rings is 2. The van der Waals surface area contributed by atoms with Crippen LogP contribution in [0, 0.1) is 0 Å². The third-order valence-electron chi connectivity index (χ3n) is 5.64. The molecular weight excluding hydrogens is 442 g/mol. The van der Waals surface area contributed by atoms with Crippen molar-refractivity contribution in [1.29, 1.82) is 0 Å². The van der Waals surface area contributed by atoms with E-state index in [-0.39, 0.29) is 0 Å². The number of piperidine rings is 1. The first-order valence-corrected chi connectivity index (χ1v) is 13.3. The van der Waals surface area contributed by atoms with Gasteiger partial charge in [0.1, 0.15) is 5.75 Å². The van der Waals surface area contributed by atoms with Gasteiger partial charge in [-0.1, -0.05) is 25.5 Å². The monoisotopic (exact) mass is 471 g/mol. The maximum Gasteiger partial charge on any atom is 0.243 e. The van der Waals surface area contributed by atoms with E-state index in [1.165, 1.54) is 0 Å². The maximum atomic E-state index is 13.0. The summed E-state index contributed by atoms with van der Waals surface area (Å²) >= 11 is 1.59. The lowest BCUT2D eigenvalue weighted by Gasteiger charge is -2.25. The van der Waals surface area contributed by atoms with Gasteiger partial charge in [-0.2, -0.15) is 4.31 Å². The first kappa shape index (κ1) is 22.8. The average Bonchev–Trinajstić information content (AvgIpc) is 3.22. The van der Waals surface area contributed by atoms with Crippen molar-refractivity contribution >= 4 is 27.0 Å². The zero-order valence-corrected chi connectivity index (χ0v) is 20.2. The molecule has 0 saturated carbocycles. The molecule has 0 atom stereocenters. The topological polar surface area (TPSA) is 63.9 Å². The summed E-state index contributed by atoms with van der Waals surface area (Å²) in [5.74, 6) is 0.803. The molecule has 32 heavy (non-hydrogen) atoms. The van der Waals surface area contributed by atoms with Crippen molar-refractivity contribution in [3.05, 3.63) is 58.7 Å². The van der Waals surface area contributed by atoms with Crippen LogP contribution in [0.2, 0.25) is 0 Å². The van der Waals surface area contributed by atoms with Crippen LogP contribution in [-0.4, -0.2) is 37.5 Å². The van der Waals surface area contributed by atoms with E-state index >= 15 is 0 Å². The molecule has 1 aliphatic rings. The fourth-order valence-electron chi connectivity index (χ4n) is 3.91. The van der Waals surface area contributed by atoms with Crippen LogP contribution < -0.4 is 9.54 Å². The number of nitrogens with zero attached hydrogens (tertiary/aromatic N) is 3. The van der Waals surface area contributed by atoms with Crippen LogP contribution in [0.1, 0.15) is 32.6 Å². The van der Waals surface area contributed by atoms with Gasteiger partial charge in [0.05, 0.1) is 23.4 Å². The van der Waals surface area contributed by atoms with Crippen molar-refractivity contribution in [3.63, 3.8) is 0 Å². The molecular formula is C24H29N3O3S2. The number of rotatable bonds is 7. The number of thiazole rings is 1. The van der Waals surface area contributed by atoms with E-state index in [0.29, 0.717) is 18.0 Å². The molecule has 0 amide bonds. The quantitative estimate of drug-likeness (QED) is 0.485. The third-order valence-corrected chi connectivity index (χ3v) is 8.42. The number of methoxy groups -OCH3 is 1. The van der Waals surface area contributed by atoms with Crippen molar-refractivity contribution in [1.82, 2.24) is 8.87 Å². The molecule has 3 aromatic rings. The van der Waals surface area contributed by atoms with E-state index in [9.17, 15) is 8.42 Å². The summed E-state index contributed by atoms with van der Waals surface area (Å²) in [7, 11) is -1.77. The molecule has 0 aliphatic carbocycles. The first-order valence-electron chi connectivity index (χ1n) is 11.0. The van der Waals surface area contributed by atoms with Gasteiger partial charge >= 0.3 is 0 Å². The van der Waals surface area contributed by atoms with Crippen molar-refractivity contribution in [2.75, 3.05) is 20.2 Å². The molecule has 4 rings (SSSR count). The zero-order chi connectivity index (χ0) is 22.6. The van der Waals surface area contributed by atoms with Crippen LogP contribution in [0.15, 0.2) is 63.8 Å². The smallest absolute Gasteiger partial charge is 0.243 e. The normalized spacial score (nSPS) is 15.8. The van der Waals surface area contributed by atoms with E-state index in [1.807, 2.05) is 36.4 Å². The van der Waals surface area contributed by atoms with E-state index in [4.69, 9.17) is 9.73 Å². The molecule has 2 aromatic carbocycles. The summed E-state index contributed by atoms with van der Waals surface area (Å²) in [6.45, 7) is 4.20. The van der Waals surface area contributed by atoms with Crippen molar-refractivity contribution < 1.29 is 13.2 Å². The molecule has 1 fully saturated rings. The Balaban J connectivity index is 1.65. The molecule has 170 valence electrons. The molecule has 0 bridgehead atoms. The largest absolute Gasteiger partial charge is 0.497 e. The lowest BCUT2D eigenvalue weighted by Crippen LogP contribution is -2.35. The van der Waals surface area contributed by atoms with Gasteiger partial charge in [-0.15, -0.1) is 11.3 Å². The second-order valence-electron chi connectivity index (χ2n) is 7.85. The first-order chi connectivity index (χ1) is 15.5. The Morgan fingerprint density at radius 2 is 1.69 bits per heavy atom. The lowest BCUT2D eigenvalue weighted by atomic mass is 10.2. The van der Waals surface area contributed by atoms with Gasteiger partial charge in [0, 0.05) is 25.0 Å². The Hall–Kier alpha value is -2.42. The fraction of sp³-hybridized carbons (Fsp3) is 0.375. The predicted octanol–water partition coefficient (Wildman–Crippen LogP) is 5.04. The summed E-state index contributed by atoms with van der Waals surface area (Å²) in [6.07, 6.45) is 3.94. The van der Waals surface area contributed by atoms with Crippen LogP contribution in [0.25, 0.3) is 11.3 Å². The van der Waals surface area contributed by atoms with E-state index in [2.05, 4.69) is 16.9 Å². The molecule has 8 heteroatoms. The fourth-order valence-corrected chi connectivity index (χ4v) is 6.38. The second kappa shape index (κ2) is 10.0. The Morgan fingerprint density at radius 3 is 2.31 bits per heavy atom. The Bertz CT molecular complexity index is 1200. The summed E-state index contributed by atoms with van der Waals surface area (Å²) in [5, 5.41) is 2.09. The van der Waals surface area contributed by atoms with E-state index in [1.54, 1.807) is 34.9 Å². The summed E-state index contributed by atoms with van der Waals surface area (Å²) in [5.41, 5.74) is 2.90. The highest BCUT2D eigenvalue weighted by molar-refractivity contribution is 7.89. The van der Waals surface area contributed by atoms with E-state index in [0.717, 1.165) is 59.7 Å². The van der Waals surface area contributed by atoms with Gasteiger partial charge in [0.25, 0.3) is 0 Å². The van der Waals surface area contributed by atoms with Crippen LogP contribution in [0.4, 0.5) is 5.69 Å². The summed E-state index contributed by atoms with van der Waals surface area (Å²) in [6, 6.07) is 15.0. The lowest BCUT2D eigenvalue weighted by molar-refractivity contribution is 0.346. The van der Waals surface area contributed by atoms with E-state index < -0.39 is 10.0 Å². The molecule has 0 unspecified atom stereocenters. The van der Waals surface area contributed by atoms with Crippen molar-refractivity contribution in [2.45, 2.75) is 44.0 Å². The molecule has 1 saturated heterocycles. The number of aromatic nitrogens is 1. The molecule has 0 spiro atoms. The highest BCUT2D eigenvalue weighted by Gasteiger charge is 2.25. The SMILES string of the molecule is CCCn1c(-c2ccc(S(=O)(=O)N3CCCCC3)cc2)csc1=Nc1ccc(OC)cc1. The molecule has 1 aliphatic heterocycles. The molecule has 0 N–H and O–H groups in total. The van der Waals surface area contributed by atoms with Gasteiger partial charge in [-0.3, -0.25) is 0 Å². The molecule has 0 radical (unpaired) electrons. The van der Waals surface area contributed by atoms with Gasteiger partial charge in [-0.05, 0) is 61.2 Å². The van der Waals surface area contributed by atoms with Crippen LogP contribution in [-0.2, 0) is 16.6 Å². The summed E-state index contributed by atoms with van der Waals surface area (Å²) in [4.78, 5) is 6.10. The van der Waals surface area contributed by atoms with Gasteiger partial charge < -0.3 is 9.30 Å². The molecule has 1 aromatic heterocycles. The maximum absolute atomic E-state index is 13.0. The number of hydrogen-bond acceptors (Lipinski definition) is 5.